The third kappa shape index (κ3) is 4.32. The SMILES string of the molecule is CC(C)(CC(=O)N1CCCC1(C)C(=O)O)NC(=O)OCC1c2ccccc2-c2ccccc21. The molecule has 7 nitrogen and oxygen atoms in total. The van der Waals surface area contributed by atoms with Crippen molar-refractivity contribution in [1.82, 2.24) is 10.2 Å². The van der Waals surface area contributed by atoms with Crippen molar-refractivity contribution in [3.05, 3.63) is 59.7 Å². The van der Waals surface area contributed by atoms with Crippen molar-refractivity contribution < 1.29 is 24.2 Å². The second-order valence-electron chi connectivity index (χ2n) is 9.74. The van der Waals surface area contributed by atoms with Gasteiger partial charge in [-0.3, -0.25) is 4.79 Å². The Morgan fingerprint density at radius 2 is 1.67 bits per heavy atom. The number of hydrogen-bond donors (Lipinski definition) is 2. The number of fused-ring (bicyclic) bond motifs is 3. The first-order valence-electron chi connectivity index (χ1n) is 11.3. The van der Waals surface area contributed by atoms with Gasteiger partial charge in [0.25, 0.3) is 0 Å². The first kappa shape index (κ1) is 22.8. The van der Waals surface area contributed by atoms with Gasteiger partial charge in [0.15, 0.2) is 0 Å². The molecule has 2 N–H and O–H groups in total. The van der Waals surface area contributed by atoms with Crippen LogP contribution in [0, 0.1) is 0 Å². The topological polar surface area (TPSA) is 95.9 Å². The Kier molecular flexibility index (Phi) is 5.91. The second-order valence-corrected chi connectivity index (χ2v) is 9.74. The van der Waals surface area contributed by atoms with Gasteiger partial charge >= 0.3 is 12.1 Å². The van der Waals surface area contributed by atoms with E-state index in [9.17, 15) is 19.5 Å². The molecule has 0 spiro atoms. The molecule has 1 unspecified atom stereocenters. The summed E-state index contributed by atoms with van der Waals surface area (Å²) in [6.45, 7) is 5.64. The van der Waals surface area contributed by atoms with Crippen molar-refractivity contribution in [3.8, 4) is 11.1 Å². The van der Waals surface area contributed by atoms with Gasteiger partial charge in [0, 0.05) is 24.4 Å². The molecule has 1 fully saturated rings. The van der Waals surface area contributed by atoms with Crippen LogP contribution in [0.4, 0.5) is 4.79 Å². The molecule has 0 saturated carbocycles. The maximum atomic E-state index is 12.9. The molecule has 1 aliphatic heterocycles. The standard InChI is InChI=1S/C26H30N2O5/c1-25(2,15-22(29)28-14-8-13-26(28,3)23(30)31)27-24(32)33-16-21-19-11-6-4-9-17(19)18-10-5-7-12-20(18)21/h4-7,9-12,21H,8,13-16H2,1-3H3,(H,27,32)(H,30,31). The summed E-state index contributed by atoms with van der Waals surface area (Å²) in [6, 6.07) is 16.2. The third-order valence-electron chi connectivity index (χ3n) is 6.78. The highest BCUT2D eigenvalue weighted by atomic mass is 16.5. The van der Waals surface area contributed by atoms with E-state index in [2.05, 4.69) is 29.6 Å². The van der Waals surface area contributed by atoms with E-state index in [-0.39, 0.29) is 24.9 Å². The number of carboxylic acids is 1. The Morgan fingerprint density at radius 3 is 2.24 bits per heavy atom. The molecule has 33 heavy (non-hydrogen) atoms. The van der Waals surface area contributed by atoms with Crippen molar-refractivity contribution >= 4 is 18.0 Å². The molecule has 1 atom stereocenters. The zero-order valence-corrected chi connectivity index (χ0v) is 19.3. The number of benzene rings is 2. The van der Waals surface area contributed by atoms with Gasteiger partial charge in [-0.05, 0) is 55.9 Å². The summed E-state index contributed by atoms with van der Waals surface area (Å²) in [7, 11) is 0. The Hall–Kier alpha value is -3.35. The van der Waals surface area contributed by atoms with E-state index >= 15 is 0 Å². The summed E-state index contributed by atoms with van der Waals surface area (Å²) < 4.78 is 5.59. The van der Waals surface area contributed by atoms with E-state index in [1.54, 1.807) is 20.8 Å². The highest BCUT2D eigenvalue weighted by Crippen LogP contribution is 2.44. The number of ether oxygens (including phenoxy) is 1. The highest BCUT2D eigenvalue weighted by molar-refractivity contribution is 5.88. The Bertz CT molecular complexity index is 1050. The smallest absolute Gasteiger partial charge is 0.407 e. The third-order valence-corrected chi connectivity index (χ3v) is 6.78. The number of carbonyl (C=O) groups excluding carboxylic acids is 2. The lowest BCUT2D eigenvalue weighted by Crippen LogP contribution is -2.54. The van der Waals surface area contributed by atoms with Crippen LogP contribution in [-0.4, -0.2) is 52.2 Å². The van der Waals surface area contributed by atoms with E-state index in [0.717, 1.165) is 22.3 Å². The number of carboxylic acid groups (broad SMARTS) is 1. The quantitative estimate of drug-likeness (QED) is 0.689. The van der Waals surface area contributed by atoms with Crippen molar-refractivity contribution in [2.24, 2.45) is 0 Å². The summed E-state index contributed by atoms with van der Waals surface area (Å²) in [5.41, 5.74) is 2.48. The fourth-order valence-corrected chi connectivity index (χ4v) is 5.01. The van der Waals surface area contributed by atoms with Gasteiger partial charge < -0.3 is 20.1 Å². The largest absolute Gasteiger partial charge is 0.480 e. The van der Waals surface area contributed by atoms with Crippen molar-refractivity contribution in [2.45, 2.75) is 57.0 Å². The van der Waals surface area contributed by atoms with Gasteiger partial charge in [-0.15, -0.1) is 0 Å². The molecule has 4 rings (SSSR count). The number of hydrogen-bond acceptors (Lipinski definition) is 4. The van der Waals surface area contributed by atoms with E-state index in [0.29, 0.717) is 19.4 Å². The lowest BCUT2D eigenvalue weighted by molar-refractivity contribution is -0.155. The molecular weight excluding hydrogens is 420 g/mol. The fourth-order valence-electron chi connectivity index (χ4n) is 5.01. The van der Waals surface area contributed by atoms with E-state index in [4.69, 9.17) is 4.74 Å². The number of nitrogens with zero attached hydrogens (tertiary/aromatic N) is 1. The predicted octanol–water partition coefficient (Wildman–Crippen LogP) is 4.16. The lowest BCUT2D eigenvalue weighted by Gasteiger charge is -2.34. The molecule has 174 valence electrons. The van der Waals surface area contributed by atoms with Crippen LogP contribution in [0.15, 0.2) is 48.5 Å². The number of alkyl carbamates (subject to hydrolysis) is 1. The van der Waals surface area contributed by atoms with Gasteiger partial charge in [-0.2, -0.15) is 0 Å². The minimum Gasteiger partial charge on any atom is -0.480 e. The van der Waals surface area contributed by atoms with Crippen LogP contribution in [0.1, 0.15) is 57.1 Å². The van der Waals surface area contributed by atoms with E-state index in [1.807, 2.05) is 24.3 Å². The molecular formula is C26H30N2O5. The van der Waals surface area contributed by atoms with Crippen LogP contribution < -0.4 is 5.32 Å². The van der Waals surface area contributed by atoms with Gasteiger partial charge in [0.1, 0.15) is 12.1 Å². The Balaban J connectivity index is 1.38. The fraction of sp³-hybridized carbons (Fsp3) is 0.423. The molecule has 2 aromatic carbocycles. The summed E-state index contributed by atoms with van der Waals surface area (Å²) in [5.74, 6) is -1.34. The minimum atomic E-state index is -1.20. The van der Waals surface area contributed by atoms with Crippen LogP contribution in [0.5, 0.6) is 0 Å². The van der Waals surface area contributed by atoms with E-state index in [1.165, 1.54) is 4.90 Å². The van der Waals surface area contributed by atoms with Crippen LogP contribution in [-0.2, 0) is 14.3 Å². The maximum absolute atomic E-state index is 12.9. The highest BCUT2D eigenvalue weighted by Gasteiger charge is 2.46. The molecule has 1 saturated heterocycles. The number of aliphatic carboxylic acids is 1. The van der Waals surface area contributed by atoms with Gasteiger partial charge in [0.05, 0.1) is 0 Å². The normalized spacial score (nSPS) is 19.7. The van der Waals surface area contributed by atoms with Gasteiger partial charge in [0.2, 0.25) is 5.91 Å². The first-order chi connectivity index (χ1) is 15.6. The van der Waals surface area contributed by atoms with Crippen molar-refractivity contribution in [1.29, 1.82) is 0 Å². The number of likely N-dealkylation sites (tertiary alicyclic amines) is 1. The van der Waals surface area contributed by atoms with Gasteiger partial charge in [-0.1, -0.05) is 48.5 Å². The Labute approximate surface area is 193 Å². The second kappa shape index (κ2) is 8.54. The number of carbonyl (C=O) groups is 3. The number of nitrogens with one attached hydrogen (secondary N) is 1. The summed E-state index contributed by atoms with van der Waals surface area (Å²) in [4.78, 5) is 38.6. The lowest BCUT2D eigenvalue weighted by atomic mass is 9.96. The molecule has 7 heteroatoms. The molecule has 0 bridgehead atoms. The van der Waals surface area contributed by atoms with Gasteiger partial charge in [-0.25, -0.2) is 9.59 Å². The van der Waals surface area contributed by atoms with Crippen LogP contribution >= 0.6 is 0 Å². The molecule has 2 aromatic rings. The number of amides is 2. The summed E-state index contributed by atoms with van der Waals surface area (Å²) in [6.07, 6.45) is 0.459. The molecule has 2 amide bonds. The first-order valence-corrected chi connectivity index (χ1v) is 11.3. The zero-order chi connectivity index (χ0) is 23.8. The maximum Gasteiger partial charge on any atom is 0.407 e. The molecule has 1 heterocycles. The predicted molar refractivity (Wildman–Crippen MR) is 124 cm³/mol. The minimum absolute atomic E-state index is 0.0138. The van der Waals surface area contributed by atoms with Crippen LogP contribution in [0.2, 0.25) is 0 Å². The average Bonchev–Trinajstić information content (AvgIpc) is 3.31. The van der Waals surface area contributed by atoms with Crippen molar-refractivity contribution in [2.75, 3.05) is 13.2 Å². The summed E-state index contributed by atoms with van der Waals surface area (Å²) in [5, 5.41) is 12.3. The van der Waals surface area contributed by atoms with Crippen LogP contribution in [0.3, 0.4) is 0 Å². The number of rotatable bonds is 6. The molecule has 2 aliphatic rings. The van der Waals surface area contributed by atoms with E-state index < -0.39 is 23.1 Å². The Morgan fingerprint density at radius 1 is 1.09 bits per heavy atom. The molecule has 1 aliphatic carbocycles. The average molecular weight is 451 g/mol. The molecule has 0 aromatic heterocycles. The monoisotopic (exact) mass is 450 g/mol. The van der Waals surface area contributed by atoms with Crippen LogP contribution in [0.25, 0.3) is 11.1 Å². The molecule has 0 radical (unpaired) electrons. The zero-order valence-electron chi connectivity index (χ0n) is 19.3. The van der Waals surface area contributed by atoms with Crippen molar-refractivity contribution in [3.63, 3.8) is 0 Å². The summed E-state index contributed by atoms with van der Waals surface area (Å²) >= 11 is 0.